The quantitative estimate of drug-likeness (QED) is 0.510. The molecule has 0 saturated carbocycles. The van der Waals surface area contributed by atoms with Crippen LogP contribution in [-0.2, 0) is 11.2 Å². The van der Waals surface area contributed by atoms with Gasteiger partial charge >= 0.3 is 5.97 Å². The maximum atomic E-state index is 12.6. The highest BCUT2D eigenvalue weighted by Crippen LogP contribution is 2.19. The molecule has 0 aliphatic carbocycles. The zero-order valence-electron chi connectivity index (χ0n) is 14.3. The van der Waals surface area contributed by atoms with Crippen molar-refractivity contribution in [1.82, 2.24) is 15.3 Å². The summed E-state index contributed by atoms with van der Waals surface area (Å²) in [5.41, 5.74) is 2.65. The van der Waals surface area contributed by atoms with Crippen LogP contribution in [0.25, 0.3) is 21.8 Å². The molecule has 6 heteroatoms. The number of benzene rings is 2. The van der Waals surface area contributed by atoms with Crippen LogP contribution in [0.4, 0.5) is 0 Å². The van der Waals surface area contributed by atoms with Crippen molar-refractivity contribution in [1.29, 1.82) is 0 Å². The van der Waals surface area contributed by atoms with Gasteiger partial charge < -0.3 is 15.4 Å². The summed E-state index contributed by atoms with van der Waals surface area (Å²) in [4.78, 5) is 31.7. The number of nitrogens with zero attached hydrogens (tertiary/aromatic N) is 1. The third-order valence-electron chi connectivity index (χ3n) is 4.53. The Morgan fingerprint density at radius 1 is 1.04 bits per heavy atom. The third kappa shape index (κ3) is 3.37. The number of carboxylic acid groups (broad SMARTS) is 1. The van der Waals surface area contributed by atoms with Crippen molar-refractivity contribution in [2.75, 3.05) is 0 Å². The molecule has 1 atom stereocenters. The summed E-state index contributed by atoms with van der Waals surface area (Å²) in [5.74, 6) is -1.59. The minimum Gasteiger partial charge on any atom is -0.480 e. The fourth-order valence-corrected chi connectivity index (χ4v) is 3.15. The molecule has 4 rings (SSSR count). The highest BCUT2D eigenvalue weighted by atomic mass is 16.4. The van der Waals surface area contributed by atoms with Crippen LogP contribution < -0.4 is 5.32 Å². The van der Waals surface area contributed by atoms with Crippen molar-refractivity contribution in [2.45, 2.75) is 12.5 Å². The van der Waals surface area contributed by atoms with E-state index in [0.717, 1.165) is 21.9 Å². The smallest absolute Gasteiger partial charge is 0.326 e. The molecule has 2 aromatic heterocycles. The number of aromatic nitrogens is 2. The van der Waals surface area contributed by atoms with E-state index in [1.54, 1.807) is 18.3 Å². The molecule has 0 aliphatic rings. The van der Waals surface area contributed by atoms with Gasteiger partial charge in [0.25, 0.3) is 5.91 Å². The Balaban J connectivity index is 1.57. The molecule has 0 bridgehead atoms. The number of nitrogens with one attached hydrogen (secondary N) is 2. The summed E-state index contributed by atoms with van der Waals surface area (Å²) in [5, 5.41) is 14.0. The molecule has 0 unspecified atom stereocenters. The molecule has 6 nitrogen and oxygen atoms in total. The number of pyridine rings is 1. The molecule has 27 heavy (non-hydrogen) atoms. The molecule has 1 amide bonds. The predicted octanol–water partition coefficient (Wildman–Crippen LogP) is 3.14. The molecule has 0 fully saturated rings. The Hall–Kier alpha value is -3.67. The van der Waals surface area contributed by atoms with Gasteiger partial charge in [0.15, 0.2) is 0 Å². The van der Waals surface area contributed by atoms with Crippen molar-refractivity contribution >= 4 is 33.7 Å². The number of hydrogen-bond acceptors (Lipinski definition) is 3. The number of aromatic amines is 1. The van der Waals surface area contributed by atoms with Gasteiger partial charge in [-0.2, -0.15) is 0 Å². The fourth-order valence-electron chi connectivity index (χ4n) is 3.15. The fraction of sp³-hybridized carbons (Fsp3) is 0.0952. The highest BCUT2D eigenvalue weighted by Gasteiger charge is 2.23. The van der Waals surface area contributed by atoms with Gasteiger partial charge in [0.1, 0.15) is 11.7 Å². The van der Waals surface area contributed by atoms with Gasteiger partial charge in [0, 0.05) is 28.9 Å². The number of carbonyl (C=O) groups is 2. The zero-order chi connectivity index (χ0) is 18.8. The van der Waals surface area contributed by atoms with Gasteiger partial charge in [-0.1, -0.05) is 42.5 Å². The van der Waals surface area contributed by atoms with E-state index >= 15 is 0 Å². The van der Waals surface area contributed by atoms with E-state index in [0.29, 0.717) is 5.52 Å². The van der Waals surface area contributed by atoms with Crippen LogP contribution in [0.2, 0.25) is 0 Å². The van der Waals surface area contributed by atoms with Gasteiger partial charge in [-0.15, -0.1) is 0 Å². The Bertz CT molecular complexity index is 1150. The number of carboxylic acids is 1. The van der Waals surface area contributed by atoms with Gasteiger partial charge in [-0.25, -0.2) is 9.78 Å². The van der Waals surface area contributed by atoms with Gasteiger partial charge in [0.05, 0.1) is 5.52 Å². The van der Waals surface area contributed by atoms with Crippen molar-refractivity contribution < 1.29 is 14.7 Å². The van der Waals surface area contributed by atoms with Crippen LogP contribution in [0.15, 0.2) is 66.9 Å². The normalized spacial score (nSPS) is 12.1. The lowest BCUT2D eigenvalue weighted by molar-refractivity contribution is -0.139. The molecule has 0 aliphatic heterocycles. The van der Waals surface area contributed by atoms with Crippen molar-refractivity contribution in [3.05, 3.63) is 78.1 Å². The topological polar surface area (TPSA) is 95.1 Å². The number of fused-ring (bicyclic) bond motifs is 2. The summed E-state index contributed by atoms with van der Waals surface area (Å²) < 4.78 is 0. The summed E-state index contributed by atoms with van der Waals surface area (Å²) in [6.45, 7) is 0. The average molecular weight is 359 g/mol. The second-order valence-corrected chi connectivity index (χ2v) is 6.32. The minimum atomic E-state index is -1.09. The maximum absolute atomic E-state index is 12.6. The first-order valence-electron chi connectivity index (χ1n) is 8.56. The van der Waals surface area contributed by atoms with Gasteiger partial charge in [-0.3, -0.25) is 4.79 Å². The largest absolute Gasteiger partial charge is 0.480 e. The first-order chi connectivity index (χ1) is 13.1. The van der Waals surface area contributed by atoms with Crippen LogP contribution in [0.1, 0.15) is 16.1 Å². The number of hydrogen-bond donors (Lipinski definition) is 3. The van der Waals surface area contributed by atoms with Gasteiger partial charge in [0.2, 0.25) is 0 Å². The molecule has 134 valence electrons. The minimum absolute atomic E-state index is 0.179. The number of H-pyrrole nitrogens is 1. The lowest BCUT2D eigenvalue weighted by Crippen LogP contribution is -2.42. The summed E-state index contributed by atoms with van der Waals surface area (Å²) in [6.07, 6.45) is 1.96. The molecule has 0 spiro atoms. The van der Waals surface area contributed by atoms with Crippen LogP contribution in [0.5, 0.6) is 0 Å². The van der Waals surface area contributed by atoms with Crippen molar-refractivity contribution in [2.24, 2.45) is 0 Å². The SMILES string of the molecule is O=C(N[C@H](Cc1c[nH]c2ccccc12)C(=O)O)c1ccc2ccccc2n1. The lowest BCUT2D eigenvalue weighted by atomic mass is 10.0. The average Bonchev–Trinajstić information content (AvgIpc) is 3.10. The van der Waals surface area contributed by atoms with E-state index in [9.17, 15) is 14.7 Å². The Morgan fingerprint density at radius 2 is 1.81 bits per heavy atom. The summed E-state index contributed by atoms with van der Waals surface area (Å²) in [6, 6.07) is 17.4. The van der Waals surface area contributed by atoms with Crippen LogP contribution in [0, 0.1) is 0 Å². The molecule has 0 radical (unpaired) electrons. The van der Waals surface area contributed by atoms with E-state index in [1.807, 2.05) is 48.5 Å². The monoisotopic (exact) mass is 359 g/mol. The Kier molecular flexibility index (Phi) is 4.30. The Morgan fingerprint density at radius 3 is 2.67 bits per heavy atom. The first kappa shape index (κ1) is 16.8. The van der Waals surface area contributed by atoms with E-state index in [1.165, 1.54) is 0 Å². The van der Waals surface area contributed by atoms with E-state index in [4.69, 9.17) is 0 Å². The second-order valence-electron chi connectivity index (χ2n) is 6.32. The third-order valence-corrected chi connectivity index (χ3v) is 4.53. The number of amides is 1. The molecular formula is C21H17N3O3. The van der Waals surface area contributed by atoms with Crippen molar-refractivity contribution in [3.8, 4) is 0 Å². The molecule has 2 aromatic carbocycles. The number of carbonyl (C=O) groups excluding carboxylic acids is 1. The molecule has 2 heterocycles. The molecule has 0 saturated heterocycles. The molecule has 4 aromatic rings. The van der Waals surface area contributed by atoms with Crippen LogP contribution in [0.3, 0.4) is 0 Å². The maximum Gasteiger partial charge on any atom is 0.326 e. The molecular weight excluding hydrogens is 342 g/mol. The number of para-hydroxylation sites is 2. The van der Waals surface area contributed by atoms with Crippen molar-refractivity contribution in [3.63, 3.8) is 0 Å². The van der Waals surface area contributed by atoms with Crippen LogP contribution >= 0.6 is 0 Å². The number of rotatable bonds is 5. The first-order valence-corrected chi connectivity index (χ1v) is 8.56. The second kappa shape index (κ2) is 6.92. The Labute approximate surface area is 154 Å². The number of aliphatic carboxylic acids is 1. The zero-order valence-corrected chi connectivity index (χ0v) is 14.3. The molecule has 3 N–H and O–H groups in total. The summed E-state index contributed by atoms with van der Waals surface area (Å²) >= 11 is 0. The van der Waals surface area contributed by atoms with E-state index in [2.05, 4.69) is 15.3 Å². The van der Waals surface area contributed by atoms with E-state index < -0.39 is 17.9 Å². The standard InChI is InChI=1S/C21H17N3O3/c25-20(18-10-9-13-5-1-3-7-16(13)23-18)24-19(21(26)27)11-14-12-22-17-8-4-2-6-15(14)17/h1-10,12,19,22H,11H2,(H,24,25)(H,26,27)/t19-/m1/s1. The predicted molar refractivity (Wildman–Crippen MR) is 103 cm³/mol. The highest BCUT2D eigenvalue weighted by molar-refractivity contribution is 5.97. The van der Waals surface area contributed by atoms with Gasteiger partial charge in [-0.05, 0) is 23.8 Å². The lowest BCUT2D eigenvalue weighted by Gasteiger charge is -2.14. The van der Waals surface area contributed by atoms with E-state index in [-0.39, 0.29) is 12.1 Å². The summed E-state index contributed by atoms with van der Waals surface area (Å²) in [7, 11) is 0. The van der Waals surface area contributed by atoms with Crippen LogP contribution in [-0.4, -0.2) is 33.0 Å².